The number of benzene rings is 1. The predicted molar refractivity (Wildman–Crippen MR) is 78.2 cm³/mol. The van der Waals surface area contributed by atoms with E-state index < -0.39 is 0 Å². The molecule has 0 radical (unpaired) electrons. The first-order chi connectivity index (χ1) is 9.78. The third kappa shape index (κ3) is 2.62. The Kier molecular flexibility index (Phi) is 3.84. The molecule has 1 atom stereocenters. The van der Waals surface area contributed by atoms with E-state index in [4.69, 9.17) is 9.47 Å². The van der Waals surface area contributed by atoms with Gasteiger partial charge in [0.15, 0.2) is 0 Å². The van der Waals surface area contributed by atoms with Crippen LogP contribution in [0.4, 0.5) is 5.00 Å². The molecule has 2 heterocycles. The zero-order valence-electron chi connectivity index (χ0n) is 11.2. The number of hydrogen-bond donors (Lipinski definition) is 0. The van der Waals surface area contributed by atoms with Crippen LogP contribution in [0.2, 0.25) is 0 Å². The van der Waals surface area contributed by atoms with E-state index in [1.807, 2.05) is 18.2 Å². The van der Waals surface area contributed by atoms with E-state index in [1.165, 1.54) is 18.6 Å². The topological polar surface area (TPSA) is 51.7 Å². The van der Waals surface area contributed by atoms with Gasteiger partial charge in [0.2, 0.25) is 0 Å². The summed E-state index contributed by atoms with van der Waals surface area (Å²) in [5, 5.41) is 2.31. The third-order valence-corrected chi connectivity index (χ3v) is 4.35. The minimum atomic E-state index is -0.231. The Bertz CT molecular complexity index is 613. The lowest BCUT2D eigenvalue weighted by atomic mass is 10.2. The van der Waals surface area contributed by atoms with Gasteiger partial charge in [-0.05, 0) is 23.7 Å². The van der Waals surface area contributed by atoms with Gasteiger partial charge in [0, 0.05) is 18.5 Å². The Morgan fingerprint density at radius 1 is 1.55 bits per heavy atom. The van der Waals surface area contributed by atoms with Crippen LogP contribution in [0.3, 0.4) is 0 Å². The van der Waals surface area contributed by atoms with Crippen molar-refractivity contribution in [3.63, 3.8) is 0 Å². The number of aromatic nitrogens is 1. The zero-order valence-corrected chi connectivity index (χ0v) is 12.1. The molecule has 0 amide bonds. The Balaban J connectivity index is 1.78. The van der Waals surface area contributed by atoms with Gasteiger partial charge in [0.1, 0.15) is 5.00 Å². The summed E-state index contributed by atoms with van der Waals surface area (Å²) in [5.74, 6) is -0.231. The van der Waals surface area contributed by atoms with Gasteiger partial charge in [-0.1, -0.05) is 12.1 Å². The van der Waals surface area contributed by atoms with Gasteiger partial charge in [0.25, 0.3) is 0 Å². The number of anilines is 1. The average molecular weight is 292 g/mol. The van der Waals surface area contributed by atoms with Crippen LogP contribution in [0.25, 0.3) is 10.9 Å². The van der Waals surface area contributed by atoms with E-state index in [-0.39, 0.29) is 12.1 Å². The number of esters is 1. The highest BCUT2D eigenvalue weighted by molar-refractivity contribution is 7.11. The summed E-state index contributed by atoms with van der Waals surface area (Å²) < 4.78 is 14.8. The summed E-state index contributed by atoms with van der Waals surface area (Å²) in [4.78, 5) is 13.6. The summed E-state index contributed by atoms with van der Waals surface area (Å²) in [5.41, 5.74) is 1.02. The molecule has 5 nitrogen and oxygen atoms in total. The van der Waals surface area contributed by atoms with E-state index in [2.05, 4.69) is 15.3 Å². The number of ether oxygens (including phenoxy) is 2. The molecule has 1 fully saturated rings. The highest BCUT2D eigenvalue weighted by Gasteiger charge is 2.25. The molecule has 1 saturated heterocycles. The molecule has 0 N–H and O–H groups in total. The molecule has 1 aromatic carbocycles. The van der Waals surface area contributed by atoms with Gasteiger partial charge >= 0.3 is 5.97 Å². The van der Waals surface area contributed by atoms with Gasteiger partial charge in [0.05, 0.1) is 31.8 Å². The lowest BCUT2D eigenvalue weighted by Crippen LogP contribution is -2.43. The third-order valence-electron chi connectivity index (χ3n) is 3.41. The molecule has 0 spiro atoms. The first-order valence-electron chi connectivity index (χ1n) is 6.55. The lowest BCUT2D eigenvalue weighted by Gasteiger charge is -2.33. The molecule has 6 heteroatoms. The van der Waals surface area contributed by atoms with Crippen LogP contribution in [0.5, 0.6) is 0 Å². The number of carbonyl (C=O) groups is 1. The van der Waals surface area contributed by atoms with Crippen molar-refractivity contribution >= 4 is 33.4 Å². The molecular formula is C14H16N2O3S. The van der Waals surface area contributed by atoms with E-state index in [1.54, 1.807) is 0 Å². The Morgan fingerprint density at radius 2 is 2.40 bits per heavy atom. The molecule has 1 aliphatic heterocycles. The first kappa shape index (κ1) is 13.3. The molecule has 0 aliphatic carbocycles. The minimum Gasteiger partial charge on any atom is -0.469 e. The van der Waals surface area contributed by atoms with E-state index in [0.717, 1.165) is 22.4 Å². The van der Waals surface area contributed by atoms with Crippen molar-refractivity contribution in [2.24, 2.45) is 0 Å². The highest BCUT2D eigenvalue weighted by atomic mass is 32.1. The van der Waals surface area contributed by atoms with Crippen molar-refractivity contribution < 1.29 is 14.3 Å². The molecule has 3 rings (SSSR count). The quantitative estimate of drug-likeness (QED) is 0.811. The summed E-state index contributed by atoms with van der Waals surface area (Å²) >= 11 is 1.50. The number of fused-ring (bicyclic) bond motifs is 1. The standard InChI is InChI=1S/C14H16N2O3S/c1-18-13(17)8-10-9-16(6-7-19-10)14-11-4-2-3-5-12(11)15-20-14/h2-5,10H,6-9H2,1H3. The van der Waals surface area contributed by atoms with Crippen LogP contribution in [0, 0.1) is 0 Å². The maximum atomic E-state index is 11.4. The van der Waals surface area contributed by atoms with Gasteiger partial charge in [-0.25, -0.2) is 0 Å². The summed E-state index contributed by atoms with van der Waals surface area (Å²) in [7, 11) is 1.40. The molecule has 1 aromatic heterocycles. The van der Waals surface area contributed by atoms with Crippen LogP contribution in [-0.4, -0.2) is 43.3 Å². The van der Waals surface area contributed by atoms with E-state index in [0.29, 0.717) is 19.6 Å². The molecule has 1 unspecified atom stereocenters. The maximum Gasteiger partial charge on any atom is 0.308 e. The average Bonchev–Trinajstić information content (AvgIpc) is 2.91. The molecule has 1 aliphatic rings. The van der Waals surface area contributed by atoms with Crippen molar-refractivity contribution in [3.8, 4) is 0 Å². The second-order valence-corrected chi connectivity index (χ2v) is 5.48. The molecular weight excluding hydrogens is 276 g/mol. The molecule has 106 valence electrons. The number of rotatable bonds is 3. The molecule has 0 bridgehead atoms. The van der Waals surface area contributed by atoms with Crippen molar-refractivity contribution in [2.45, 2.75) is 12.5 Å². The number of nitrogens with zero attached hydrogens (tertiary/aromatic N) is 2. The zero-order chi connectivity index (χ0) is 13.9. The summed E-state index contributed by atoms with van der Waals surface area (Å²) in [6, 6.07) is 8.11. The molecule has 2 aromatic rings. The minimum absolute atomic E-state index is 0.114. The summed E-state index contributed by atoms with van der Waals surface area (Å²) in [6.45, 7) is 2.14. The Labute approximate surface area is 121 Å². The number of morpholine rings is 1. The van der Waals surface area contributed by atoms with Crippen molar-refractivity contribution in [2.75, 3.05) is 31.7 Å². The summed E-state index contributed by atoms with van der Waals surface area (Å²) in [6.07, 6.45) is 0.182. The van der Waals surface area contributed by atoms with Crippen LogP contribution < -0.4 is 4.90 Å². The van der Waals surface area contributed by atoms with Gasteiger partial charge < -0.3 is 14.4 Å². The number of methoxy groups -OCH3 is 1. The van der Waals surface area contributed by atoms with Gasteiger partial charge in [-0.3, -0.25) is 4.79 Å². The monoisotopic (exact) mass is 292 g/mol. The van der Waals surface area contributed by atoms with Gasteiger partial charge in [-0.2, -0.15) is 4.37 Å². The molecule has 20 heavy (non-hydrogen) atoms. The number of carbonyl (C=O) groups excluding carboxylic acids is 1. The SMILES string of the molecule is COC(=O)CC1CN(c2snc3ccccc23)CCO1. The van der Waals surface area contributed by atoms with Crippen molar-refractivity contribution in [1.82, 2.24) is 4.37 Å². The number of hydrogen-bond acceptors (Lipinski definition) is 6. The lowest BCUT2D eigenvalue weighted by molar-refractivity contribution is -0.144. The first-order valence-corrected chi connectivity index (χ1v) is 7.33. The fourth-order valence-electron chi connectivity index (χ4n) is 2.40. The van der Waals surface area contributed by atoms with E-state index >= 15 is 0 Å². The predicted octanol–water partition coefficient (Wildman–Crippen LogP) is 2.06. The van der Waals surface area contributed by atoms with Crippen LogP contribution in [0.15, 0.2) is 24.3 Å². The second-order valence-electron chi connectivity index (χ2n) is 4.72. The van der Waals surface area contributed by atoms with Crippen molar-refractivity contribution in [1.29, 1.82) is 0 Å². The normalized spacial score (nSPS) is 19.2. The van der Waals surface area contributed by atoms with Crippen LogP contribution >= 0.6 is 11.5 Å². The van der Waals surface area contributed by atoms with E-state index in [9.17, 15) is 4.79 Å². The second kappa shape index (κ2) is 5.76. The van der Waals surface area contributed by atoms with Gasteiger partial charge in [-0.15, -0.1) is 0 Å². The van der Waals surface area contributed by atoms with Crippen LogP contribution in [0.1, 0.15) is 6.42 Å². The molecule has 0 saturated carbocycles. The smallest absolute Gasteiger partial charge is 0.308 e. The maximum absolute atomic E-state index is 11.4. The van der Waals surface area contributed by atoms with Crippen LogP contribution in [-0.2, 0) is 14.3 Å². The highest BCUT2D eigenvalue weighted by Crippen LogP contribution is 2.32. The fourth-order valence-corrected chi connectivity index (χ4v) is 3.30. The van der Waals surface area contributed by atoms with Crippen molar-refractivity contribution in [3.05, 3.63) is 24.3 Å². The largest absolute Gasteiger partial charge is 0.469 e. The Hall–Kier alpha value is -1.66. The Morgan fingerprint density at radius 3 is 3.25 bits per heavy atom. The fraction of sp³-hybridized carbons (Fsp3) is 0.429.